The summed E-state index contributed by atoms with van der Waals surface area (Å²) in [6.45, 7) is 3.51. The number of rotatable bonds is 3. The highest BCUT2D eigenvalue weighted by Gasteiger charge is 2.26. The van der Waals surface area contributed by atoms with Crippen molar-refractivity contribution in [3.8, 4) is 0 Å². The van der Waals surface area contributed by atoms with Gasteiger partial charge in [0.05, 0.1) is 11.0 Å². The molecule has 0 aliphatic carbocycles. The normalized spacial score (nSPS) is 20.1. The Kier molecular flexibility index (Phi) is 4.01. The lowest BCUT2D eigenvalue weighted by atomic mass is 10.1. The largest absolute Gasteiger partial charge is 0.353 e. The maximum absolute atomic E-state index is 11.6. The lowest BCUT2D eigenvalue weighted by Crippen LogP contribution is -2.53. The number of carbonyl (C=O) groups is 1. The van der Waals surface area contributed by atoms with Crippen molar-refractivity contribution in [3.05, 3.63) is 38.9 Å². The fourth-order valence-electron chi connectivity index (χ4n) is 2.06. The highest BCUT2D eigenvalue weighted by Crippen LogP contribution is 2.24. The zero-order chi connectivity index (χ0) is 14.0. The second-order valence-electron chi connectivity index (χ2n) is 4.47. The average Bonchev–Trinajstić information content (AvgIpc) is 2.37. The SMILES string of the molecule is CC1C(=O)NCCN1Cc1cc([N+](=O)[O-])ccc1Cl. The summed E-state index contributed by atoms with van der Waals surface area (Å²) < 4.78 is 0. The molecule has 1 amide bonds. The van der Waals surface area contributed by atoms with Crippen LogP contribution in [0.2, 0.25) is 5.02 Å². The molecule has 1 saturated heterocycles. The van der Waals surface area contributed by atoms with Gasteiger partial charge in [-0.1, -0.05) is 11.6 Å². The molecule has 1 aliphatic rings. The molecular weight excluding hydrogens is 270 g/mol. The lowest BCUT2D eigenvalue weighted by Gasteiger charge is -2.32. The summed E-state index contributed by atoms with van der Waals surface area (Å²) in [6.07, 6.45) is 0. The van der Waals surface area contributed by atoms with Crippen LogP contribution >= 0.6 is 11.6 Å². The molecule has 1 aliphatic heterocycles. The molecule has 6 nitrogen and oxygen atoms in total. The molecule has 1 aromatic rings. The monoisotopic (exact) mass is 283 g/mol. The number of benzene rings is 1. The van der Waals surface area contributed by atoms with Crippen LogP contribution in [0.5, 0.6) is 0 Å². The molecule has 0 spiro atoms. The summed E-state index contributed by atoms with van der Waals surface area (Å²) >= 11 is 6.05. The van der Waals surface area contributed by atoms with E-state index in [9.17, 15) is 14.9 Å². The highest BCUT2D eigenvalue weighted by molar-refractivity contribution is 6.31. The summed E-state index contributed by atoms with van der Waals surface area (Å²) in [5.74, 6) is -0.0344. The van der Waals surface area contributed by atoms with E-state index in [1.165, 1.54) is 18.2 Å². The van der Waals surface area contributed by atoms with E-state index in [2.05, 4.69) is 5.32 Å². The minimum Gasteiger partial charge on any atom is -0.353 e. The zero-order valence-electron chi connectivity index (χ0n) is 10.4. The Morgan fingerprint density at radius 1 is 1.58 bits per heavy atom. The minimum atomic E-state index is -0.452. The maximum Gasteiger partial charge on any atom is 0.269 e. The Balaban J connectivity index is 2.20. The summed E-state index contributed by atoms with van der Waals surface area (Å²) in [6, 6.07) is 4.09. The van der Waals surface area contributed by atoms with Gasteiger partial charge in [0, 0.05) is 36.8 Å². The molecule has 7 heteroatoms. The quantitative estimate of drug-likeness (QED) is 0.675. The van der Waals surface area contributed by atoms with Gasteiger partial charge in [-0.25, -0.2) is 0 Å². The third-order valence-corrected chi connectivity index (χ3v) is 3.61. The second kappa shape index (κ2) is 5.54. The van der Waals surface area contributed by atoms with E-state index in [0.717, 1.165) is 0 Å². The number of hydrogen-bond donors (Lipinski definition) is 1. The van der Waals surface area contributed by atoms with Gasteiger partial charge in [-0.3, -0.25) is 19.8 Å². The molecule has 1 fully saturated rings. The molecule has 2 rings (SSSR count). The number of nitrogens with zero attached hydrogens (tertiary/aromatic N) is 2. The van der Waals surface area contributed by atoms with Crippen molar-refractivity contribution in [2.24, 2.45) is 0 Å². The molecule has 0 bridgehead atoms. The van der Waals surface area contributed by atoms with Crippen LogP contribution in [0, 0.1) is 10.1 Å². The number of nitro groups is 1. The molecule has 0 saturated carbocycles. The van der Waals surface area contributed by atoms with Crippen molar-refractivity contribution < 1.29 is 9.72 Å². The summed E-state index contributed by atoms with van der Waals surface area (Å²) in [4.78, 5) is 23.8. The van der Waals surface area contributed by atoms with Crippen molar-refractivity contribution in [1.29, 1.82) is 0 Å². The van der Waals surface area contributed by atoms with Crippen molar-refractivity contribution in [3.63, 3.8) is 0 Å². The Bertz CT molecular complexity index is 521. The summed E-state index contributed by atoms with van der Waals surface area (Å²) in [5.41, 5.74) is 0.672. The molecule has 19 heavy (non-hydrogen) atoms. The number of carbonyl (C=O) groups excluding carboxylic acids is 1. The van der Waals surface area contributed by atoms with Crippen LogP contribution in [0.15, 0.2) is 18.2 Å². The number of nitro benzene ring substituents is 1. The molecule has 1 N–H and O–H groups in total. The second-order valence-corrected chi connectivity index (χ2v) is 4.88. The zero-order valence-corrected chi connectivity index (χ0v) is 11.2. The van der Waals surface area contributed by atoms with Crippen molar-refractivity contribution in [1.82, 2.24) is 10.2 Å². The van der Waals surface area contributed by atoms with Crippen molar-refractivity contribution >= 4 is 23.2 Å². The van der Waals surface area contributed by atoms with Gasteiger partial charge in [0.15, 0.2) is 0 Å². The van der Waals surface area contributed by atoms with Crippen LogP contribution in [0.4, 0.5) is 5.69 Å². The summed E-state index contributed by atoms with van der Waals surface area (Å²) in [7, 11) is 0. The number of non-ortho nitro benzene ring substituents is 1. The molecule has 0 aromatic heterocycles. The topological polar surface area (TPSA) is 75.5 Å². The van der Waals surface area contributed by atoms with E-state index in [1.54, 1.807) is 6.92 Å². The van der Waals surface area contributed by atoms with E-state index in [-0.39, 0.29) is 17.6 Å². The molecular formula is C12H14ClN3O3. The number of nitrogens with one attached hydrogen (secondary N) is 1. The summed E-state index contributed by atoms with van der Waals surface area (Å²) in [5, 5.41) is 14.0. The third kappa shape index (κ3) is 3.02. The maximum atomic E-state index is 11.6. The van der Waals surface area contributed by atoms with Gasteiger partial charge in [-0.2, -0.15) is 0 Å². The number of halogens is 1. The molecule has 1 unspecified atom stereocenters. The minimum absolute atomic E-state index is 0.00788. The first-order valence-corrected chi connectivity index (χ1v) is 6.31. The van der Waals surface area contributed by atoms with Crippen LogP contribution in [0.3, 0.4) is 0 Å². The van der Waals surface area contributed by atoms with E-state index in [4.69, 9.17) is 11.6 Å². The van der Waals surface area contributed by atoms with Gasteiger partial charge in [0.1, 0.15) is 0 Å². The van der Waals surface area contributed by atoms with Gasteiger partial charge in [0.2, 0.25) is 5.91 Å². The van der Waals surface area contributed by atoms with Gasteiger partial charge >= 0.3 is 0 Å². The standard InChI is InChI=1S/C12H14ClN3O3/c1-8-12(17)14-4-5-15(8)7-9-6-10(16(18)19)2-3-11(9)13/h2-3,6,8H,4-5,7H2,1H3,(H,14,17). The van der Waals surface area contributed by atoms with Crippen molar-refractivity contribution in [2.45, 2.75) is 19.5 Å². The van der Waals surface area contributed by atoms with Crippen LogP contribution in [-0.4, -0.2) is 34.9 Å². The fraction of sp³-hybridized carbons (Fsp3) is 0.417. The molecule has 1 atom stereocenters. The Morgan fingerprint density at radius 3 is 3.00 bits per heavy atom. The molecule has 0 radical (unpaired) electrons. The first-order valence-electron chi connectivity index (χ1n) is 5.93. The van der Waals surface area contributed by atoms with Crippen LogP contribution in [0.25, 0.3) is 0 Å². The average molecular weight is 284 g/mol. The van der Waals surface area contributed by atoms with Gasteiger partial charge in [0.25, 0.3) is 5.69 Å². The predicted molar refractivity (Wildman–Crippen MR) is 71.0 cm³/mol. The van der Waals surface area contributed by atoms with E-state index < -0.39 is 4.92 Å². The Hall–Kier alpha value is -1.66. The van der Waals surface area contributed by atoms with Crippen LogP contribution in [-0.2, 0) is 11.3 Å². The Morgan fingerprint density at radius 2 is 2.32 bits per heavy atom. The highest BCUT2D eigenvalue weighted by atomic mass is 35.5. The predicted octanol–water partition coefficient (Wildman–Crippen LogP) is 1.57. The smallest absolute Gasteiger partial charge is 0.269 e. The number of piperazine rings is 1. The van der Waals surface area contributed by atoms with Crippen molar-refractivity contribution in [2.75, 3.05) is 13.1 Å². The first-order chi connectivity index (χ1) is 8.99. The molecule has 102 valence electrons. The third-order valence-electron chi connectivity index (χ3n) is 3.24. The number of hydrogen-bond acceptors (Lipinski definition) is 4. The Labute approximate surface area is 115 Å². The molecule has 1 heterocycles. The van der Waals surface area contributed by atoms with Gasteiger partial charge < -0.3 is 5.32 Å². The van der Waals surface area contributed by atoms with E-state index >= 15 is 0 Å². The van der Waals surface area contributed by atoms with Gasteiger partial charge in [-0.15, -0.1) is 0 Å². The van der Waals surface area contributed by atoms with Gasteiger partial charge in [-0.05, 0) is 18.6 Å². The molecule has 1 aromatic carbocycles. The van der Waals surface area contributed by atoms with Crippen LogP contribution in [0.1, 0.15) is 12.5 Å². The lowest BCUT2D eigenvalue weighted by molar-refractivity contribution is -0.384. The fourth-order valence-corrected chi connectivity index (χ4v) is 2.24. The van der Waals surface area contributed by atoms with Crippen LogP contribution < -0.4 is 5.32 Å². The van der Waals surface area contributed by atoms with E-state index in [0.29, 0.717) is 30.2 Å². The van der Waals surface area contributed by atoms with E-state index in [1.807, 2.05) is 4.90 Å². The number of amides is 1. The first kappa shape index (κ1) is 13.8.